The summed E-state index contributed by atoms with van der Waals surface area (Å²) in [4.78, 5) is 15.3. The number of likely N-dealkylation sites (tertiary alicyclic amines) is 1. The van der Waals surface area contributed by atoms with E-state index in [-0.39, 0.29) is 5.41 Å². The summed E-state index contributed by atoms with van der Waals surface area (Å²) < 4.78 is 37.1. The zero-order valence-electron chi connectivity index (χ0n) is 12.0. The molecule has 0 radical (unpaired) electrons. The monoisotopic (exact) mass is 334 g/mol. The van der Waals surface area contributed by atoms with E-state index in [1.165, 1.54) is 16.2 Å². The van der Waals surface area contributed by atoms with E-state index in [4.69, 9.17) is 0 Å². The van der Waals surface area contributed by atoms with Crippen LogP contribution in [0.5, 0.6) is 0 Å². The van der Waals surface area contributed by atoms with Crippen molar-refractivity contribution in [2.75, 3.05) is 31.1 Å². The largest absolute Gasteiger partial charge is 0.397 e. The van der Waals surface area contributed by atoms with Crippen molar-refractivity contribution in [1.82, 2.24) is 15.1 Å². The molecule has 22 heavy (non-hydrogen) atoms. The number of carbonyl (C=O) groups is 1. The lowest BCUT2D eigenvalue weighted by molar-refractivity contribution is -0.160. The molecule has 3 heterocycles. The molecule has 5 nitrogen and oxygen atoms in total. The average molecular weight is 334 g/mol. The third-order valence-corrected chi connectivity index (χ3v) is 5.17. The first-order valence-electron chi connectivity index (χ1n) is 7.23. The maximum Gasteiger partial charge on any atom is 0.397 e. The van der Waals surface area contributed by atoms with Crippen LogP contribution in [-0.2, 0) is 4.79 Å². The summed E-state index contributed by atoms with van der Waals surface area (Å²) >= 11 is 1.46. The van der Waals surface area contributed by atoms with Crippen LogP contribution in [0.2, 0.25) is 0 Å². The molecular formula is C13H17F3N4OS. The maximum atomic E-state index is 12.4. The van der Waals surface area contributed by atoms with Crippen LogP contribution in [0.3, 0.4) is 0 Å². The van der Waals surface area contributed by atoms with Crippen LogP contribution < -0.4 is 4.90 Å². The zero-order chi connectivity index (χ0) is 15.8. The van der Waals surface area contributed by atoms with Crippen LogP contribution in [0.1, 0.15) is 25.7 Å². The maximum absolute atomic E-state index is 12.4. The van der Waals surface area contributed by atoms with Gasteiger partial charge >= 0.3 is 6.18 Å². The second kappa shape index (κ2) is 5.68. The van der Waals surface area contributed by atoms with E-state index in [9.17, 15) is 18.0 Å². The Kier molecular flexibility index (Phi) is 4.00. The summed E-state index contributed by atoms with van der Waals surface area (Å²) in [6.07, 6.45) is -3.13. The number of aromatic nitrogens is 2. The van der Waals surface area contributed by atoms with Gasteiger partial charge in [-0.05, 0) is 19.3 Å². The van der Waals surface area contributed by atoms with E-state index in [1.807, 2.05) is 0 Å². The molecule has 122 valence electrons. The average Bonchev–Trinajstić information content (AvgIpc) is 3.07. The number of carbonyl (C=O) groups excluding carboxylic acids is 1. The summed E-state index contributed by atoms with van der Waals surface area (Å²) in [5, 5.41) is 8.74. The van der Waals surface area contributed by atoms with E-state index in [0.717, 1.165) is 37.5 Å². The summed E-state index contributed by atoms with van der Waals surface area (Å²) in [7, 11) is 0. The Labute approximate surface area is 130 Å². The SMILES string of the molecule is O=C(CC(F)(F)F)N1CC[C@@]2(CCCN(c3nncs3)C2)C1. The number of amides is 1. The Hall–Kier alpha value is -1.38. The van der Waals surface area contributed by atoms with Crippen LogP contribution >= 0.6 is 11.3 Å². The second-order valence-corrected chi connectivity index (χ2v) is 6.92. The molecule has 0 saturated carbocycles. The van der Waals surface area contributed by atoms with E-state index < -0.39 is 18.5 Å². The molecule has 2 fully saturated rings. The molecule has 1 atom stereocenters. The molecule has 2 aliphatic rings. The highest BCUT2D eigenvalue weighted by atomic mass is 32.1. The third kappa shape index (κ3) is 3.34. The number of piperidine rings is 1. The van der Waals surface area contributed by atoms with Crippen molar-refractivity contribution in [2.45, 2.75) is 31.9 Å². The lowest BCUT2D eigenvalue weighted by Crippen LogP contribution is -2.45. The highest BCUT2D eigenvalue weighted by molar-refractivity contribution is 7.13. The van der Waals surface area contributed by atoms with Gasteiger partial charge in [0, 0.05) is 31.6 Å². The van der Waals surface area contributed by atoms with Gasteiger partial charge in [0.25, 0.3) is 0 Å². The Morgan fingerprint density at radius 3 is 2.82 bits per heavy atom. The number of anilines is 1. The first-order valence-corrected chi connectivity index (χ1v) is 8.11. The smallest absolute Gasteiger partial charge is 0.346 e. The van der Waals surface area contributed by atoms with E-state index in [0.29, 0.717) is 13.1 Å². The van der Waals surface area contributed by atoms with Gasteiger partial charge in [-0.2, -0.15) is 13.2 Å². The summed E-state index contributed by atoms with van der Waals surface area (Å²) in [6.45, 7) is 2.45. The van der Waals surface area contributed by atoms with Crippen molar-refractivity contribution >= 4 is 22.4 Å². The van der Waals surface area contributed by atoms with Gasteiger partial charge < -0.3 is 9.80 Å². The highest BCUT2D eigenvalue weighted by Gasteiger charge is 2.45. The molecule has 0 aromatic carbocycles. The summed E-state index contributed by atoms with van der Waals surface area (Å²) in [5.41, 5.74) is 1.57. The van der Waals surface area contributed by atoms with Crippen molar-refractivity contribution in [3.05, 3.63) is 5.51 Å². The molecule has 1 aromatic heterocycles. The van der Waals surface area contributed by atoms with Crippen LogP contribution in [0.15, 0.2) is 5.51 Å². The van der Waals surface area contributed by atoms with Gasteiger partial charge in [-0.1, -0.05) is 11.3 Å². The minimum absolute atomic E-state index is 0.106. The summed E-state index contributed by atoms with van der Waals surface area (Å²) in [5.74, 6) is -0.808. The predicted molar refractivity (Wildman–Crippen MR) is 75.7 cm³/mol. The van der Waals surface area contributed by atoms with Crippen molar-refractivity contribution in [2.24, 2.45) is 5.41 Å². The quantitative estimate of drug-likeness (QED) is 0.833. The molecule has 3 rings (SSSR count). The third-order valence-electron chi connectivity index (χ3n) is 4.42. The lowest BCUT2D eigenvalue weighted by Gasteiger charge is -2.40. The predicted octanol–water partition coefficient (Wildman–Crippen LogP) is 2.31. The standard InChI is InChI=1S/C13H17F3N4OS/c14-13(15,16)6-10(21)19-5-3-12(7-19)2-1-4-20(8-12)11-18-17-9-22-11/h9H,1-8H2/t12-/m0/s1. The Balaban J connectivity index is 1.64. The van der Waals surface area contributed by atoms with Gasteiger partial charge in [0.15, 0.2) is 0 Å². The second-order valence-electron chi connectivity index (χ2n) is 6.10. The Morgan fingerprint density at radius 1 is 1.32 bits per heavy atom. The van der Waals surface area contributed by atoms with Crippen molar-refractivity contribution < 1.29 is 18.0 Å². The number of alkyl halides is 3. The Morgan fingerprint density at radius 2 is 2.14 bits per heavy atom. The van der Waals surface area contributed by atoms with E-state index in [1.54, 1.807) is 5.51 Å². The van der Waals surface area contributed by atoms with Gasteiger partial charge in [-0.15, -0.1) is 10.2 Å². The van der Waals surface area contributed by atoms with Gasteiger partial charge in [0.05, 0.1) is 0 Å². The van der Waals surface area contributed by atoms with Crippen molar-refractivity contribution in [3.8, 4) is 0 Å². The molecular weight excluding hydrogens is 317 g/mol. The molecule has 1 spiro atoms. The zero-order valence-corrected chi connectivity index (χ0v) is 12.8. The first kappa shape index (κ1) is 15.5. The fourth-order valence-corrected chi connectivity index (χ4v) is 4.03. The minimum Gasteiger partial charge on any atom is -0.346 e. The molecule has 2 aliphatic heterocycles. The van der Waals surface area contributed by atoms with Gasteiger partial charge in [-0.25, -0.2) is 0 Å². The van der Waals surface area contributed by atoms with Crippen LogP contribution in [-0.4, -0.2) is 53.4 Å². The van der Waals surface area contributed by atoms with Crippen LogP contribution in [0, 0.1) is 5.41 Å². The Bertz CT molecular complexity index is 536. The number of nitrogens with zero attached hydrogens (tertiary/aromatic N) is 4. The molecule has 0 bridgehead atoms. The normalized spacial score (nSPS) is 26.0. The molecule has 2 saturated heterocycles. The molecule has 9 heteroatoms. The van der Waals surface area contributed by atoms with Crippen molar-refractivity contribution in [3.63, 3.8) is 0 Å². The van der Waals surface area contributed by atoms with Crippen LogP contribution in [0.4, 0.5) is 18.3 Å². The number of halogens is 3. The molecule has 1 aromatic rings. The fourth-order valence-electron chi connectivity index (χ4n) is 3.44. The van der Waals surface area contributed by atoms with Gasteiger partial charge in [0.2, 0.25) is 11.0 Å². The van der Waals surface area contributed by atoms with E-state index in [2.05, 4.69) is 15.1 Å². The molecule has 0 aliphatic carbocycles. The topological polar surface area (TPSA) is 49.3 Å². The van der Waals surface area contributed by atoms with Crippen molar-refractivity contribution in [1.29, 1.82) is 0 Å². The lowest BCUT2D eigenvalue weighted by atomic mass is 9.79. The minimum atomic E-state index is -4.43. The number of hydrogen-bond donors (Lipinski definition) is 0. The molecule has 0 unspecified atom stereocenters. The van der Waals surface area contributed by atoms with Crippen LogP contribution in [0.25, 0.3) is 0 Å². The van der Waals surface area contributed by atoms with E-state index >= 15 is 0 Å². The van der Waals surface area contributed by atoms with Gasteiger partial charge in [-0.3, -0.25) is 4.79 Å². The highest BCUT2D eigenvalue weighted by Crippen LogP contribution is 2.41. The fraction of sp³-hybridized carbons (Fsp3) is 0.769. The molecule has 1 amide bonds. The number of hydrogen-bond acceptors (Lipinski definition) is 5. The molecule has 0 N–H and O–H groups in total. The van der Waals surface area contributed by atoms with Gasteiger partial charge in [0.1, 0.15) is 11.9 Å². The summed E-state index contributed by atoms with van der Waals surface area (Å²) in [6, 6.07) is 0. The number of rotatable bonds is 2. The first-order chi connectivity index (χ1) is 10.4.